The van der Waals surface area contributed by atoms with Crippen LogP contribution in [0.3, 0.4) is 0 Å². The van der Waals surface area contributed by atoms with Crippen molar-refractivity contribution in [1.29, 1.82) is 0 Å². The molecule has 0 saturated heterocycles. The zero-order valence-electron chi connectivity index (χ0n) is 14.0. The average Bonchev–Trinajstić information content (AvgIpc) is 2.44. The van der Waals surface area contributed by atoms with Gasteiger partial charge in [-0.2, -0.15) is 0 Å². The van der Waals surface area contributed by atoms with E-state index in [1.165, 1.54) is 44.1 Å². The van der Waals surface area contributed by atoms with Crippen LogP contribution in [0, 0.1) is 17.8 Å². The molecule has 0 unspecified atom stereocenters. The van der Waals surface area contributed by atoms with E-state index in [-0.39, 0.29) is 6.10 Å². The van der Waals surface area contributed by atoms with Gasteiger partial charge in [-0.3, -0.25) is 0 Å². The van der Waals surface area contributed by atoms with Gasteiger partial charge in [-0.15, -0.1) is 0 Å². The number of nitrogens with one attached hydrogen (secondary N) is 1. The highest BCUT2D eigenvalue weighted by molar-refractivity contribution is 5.27. The van der Waals surface area contributed by atoms with Crippen LogP contribution in [0.15, 0.2) is 24.3 Å². The Labute approximate surface area is 134 Å². The summed E-state index contributed by atoms with van der Waals surface area (Å²) in [5.41, 5.74) is 1.84. The highest BCUT2D eigenvalue weighted by Crippen LogP contribution is 2.55. The van der Waals surface area contributed by atoms with Crippen LogP contribution >= 0.6 is 0 Å². The molecule has 2 heteroatoms. The molecule has 0 heterocycles. The Balaban J connectivity index is 1.38. The third-order valence-electron chi connectivity index (χ3n) is 6.00. The quantitative estimate of drug-likeness (QED) is 0.862. The average molecular weight is 299 g/mol. The topological polar surface area (TPSA) is 21.3 Å². The monoisotopic (exact) mass is 299 g/mol. The fraction of sp³-hybridized carbons (Fsp3) is 0.700. The van der Waals surface area contributed by atoms with Gasteiger partial charge in [-0.1, -0.05) is 12.1 Å². The molecule has 1 N–H and O–H groups in total. The molecule has 0 atom stereocenters. The Morgan fingerprint density at radius 3 is 2.05 bits per heavy atom. The standard InChI is InChI=1S/C20H29NO/c1-14(2)22-19-5-3-15(4-6-19)13-21-20-10-16-7-17(11-20)9-18(8-16)12-20/h3-6,14,16-18,21H,7-13H2,1-2H3. The molecule has 4 saturated carbocycles. The summed E-state index contributed by atoms with van der Waals surface area (Å²) in [5.74, 6) is 4.02. The van der Waals surface area contributed by atoms with Crippen molar-refractivity contribution in [2.24, 2.45) is 17.8 Å². The Morgan fingerprint density at radius 2 is 1.55 bits per heavy atom. The fourth-order valence-electron chi connectivity index (χ4n) is 5.57. The number of rotatable bonds is 5. The lowest BCUT2D eigenvalue weighted by Gasteiger charge is -2.57. The molecular weight excluding hydrogens is 270 g/mol. The van der Waals surface area contributed by atoms with E-state index >= 15 is 0 Å². The minimum Gasteiger partial charge on any atom is -0.491 e. The lowest BCUT2D eigenvalue weighted by molar-refractivity contribution is -0.0206. The molecule has 2 nitrogen and oxygen atoms in total. The summed E-state index contributed by atoms with van der Waals surface area (Å²) in [4.78, 5) is 0. The van der Waals surface area contributed by atoms with Crippen molar-refractivity contribution in [3.63, 3.8) is 0 Å². The first kappa shape index (κ1) is 14.6. The van der Waals surface area contributed by atoms with Crippen LogP contribution in [0.4, 0.5) is 0 Å². The van der Waals surface area contributed by atoms with Gasteiger partial charge in [-0.25, -0.2) is 0 Å². The van der Waals surface area contributed by atoms with Crippen LogP contribution in [0.25, 0.3) is 0 Å². The van der Waals surface area contributed by atoms with E-state index in [0.29, 0.717) is 5.54 Å². The van der Waals surface area contributed by atoms with E-state index in [1.807, 2.05) is 0 Å². The maximum Gasteiger partial charge on any atom is 0.119 e. The molecule has 4 aliphatic rings. The number of hydrogen-bond donors (Lipinski definition) is 1. The van der Waals surface area contributed by atoms with Gasteiger partial charge in [-0.05, 0) is 87.8 Å². The van der Waals surface area contributed by atoms with Gasteiger partial charge < -0.3 is 10.1 Å². The Bertz CT molecular complexity index is 484. The van der Waals surface area contributed by atoms with Crippen LogP contribution in [-0.4, -0.2) is 11.6 Å². The number of benzene rings is 1. The van der Waals surface area contributed by atoms with E-state index in [2.05, 4.69) is 43.4 Å². The molecule has 0 aliphatic heterocycles. The molecule has 22 heavy (non-hydrogen) atoms. The fourth-order valence-corrected chi connectivity index (χ4v) is 5.57. The zero-order chi connectivity index (χ0) is 15.2. The van der Waals surface area contributed by atoms with Crippen molar-refractivity contribution in [2.75, 3.05) is 0 Å². The molecule has 0 radical (unpaired) electrons. The summed E-state index contributed by atoms with van der Waals surface area (Å²) in [6.07, 6.45) is 9.07. The first-order valence-corrected chi connectivity index (χ1v) is 9.11. The SMILES string of the molecule is CC(C)Oc1ccc(CNC23CC4CC(CC(C4)C2)C3)cc1. The van der Waals surface area contributed by atoms with Gasteiger partial charge in [0.15, 0.2) is 0 Å². The Hall–Kier alpha value is -1.02. The predicted molar refractivity (Wildman–Crippen MR) is 89.9 cm³/mol. The number of ether oxygens (including phenoxy) is 1. The van der Waals surface area contributed by atoms with Crippen molar-refractivity contribution < 1.29 is 4.74 Å². The summed E-state index contributed by atoms with van der Waals surface area (Å²) >= 11 is 0. The largest absolute Gasteiger partial charge is 0.491 e. The van der Waals surface area contributed by atoms with E-state index in [4.69, 9.17) is 4.74 Å². The van der Waals surface area contributed by atoms with Crippen LogP contribution in [-0.2, 0) is 6.54 Å². The molecule has 4 aliphatic carbocycles. The van der Waals surface area contributed by atoms with Gasteiger partial charge >= 0.3 is 0 Å². The summed E-state index contributed by atoms with van der Waals surface area (Å²) in [6, 6.07) is 8.64. The molecule has 1 aromatic rings. The van der Waals surface area contributed by atoms with Crippen LogP contribution in [0.2, 0.25) is 0 Å². The van der Waals surface area contributed by atoms with Crippen molar-refractivity contribution in [2.45, 2.75) is 70.6 Å². The van der Waals surface area contributed by atoms with E-state index < -0.39 is 0 Å². The molecule has 120 valence electrons. The van der Waals surface area contributed by atoms with Crippen molar-refractivity contribution >= 4 is 0 Å². The summed E-state index contributed by atoms with van der Waals surface area (Å²) in [6.45, 7) is 5.15. The molecule has 4 bridgehead atoms. The van der Waals surface area contributed by atoms with Crippen molar-refractivity contribution in [3.8, 4) is 5.75 Å². The summed E-state index contributed by atoms with van der Waals surface area (Å²) in [5, 5.41) is 3.96. The van der Waals surface area contributed by atoms with Crippen LogP contribution in [0.1, 0.15) is 57.9 Å². The lowest BCUT2D eigenvalue weighted by atomic mass is 9.53. The Morgan fingerprint density at radius 1 is 1.00 bits per heavy atom. The maximum absolute atomic E-state index is 5.73. The Kier molecular flexibility index (Phi) is 3.68. The minimum atomic E-state index is 0.246. The normalized spacial score (nSPS) is 36.0. The second kappa shape index (κ2) is 5.56. The summed E-state index contributed by atoms with van der Waals surface area (Å²) < 4.78 is 5.73. The van der Waals surface area contributed by atoms with Gasteiger partial charge in [0.2, 0.25) is 0 Å². The second-order valence-corrected chi connectivity index (χ2v) is 8.36. The van der Waals surface area contributed by atoms with Crippen molar-refractivity contribution in [1.82, 2.24) is 5.32 Å². The third-order valence-corrected chi connectivity index (χ3v) is 6.00. The second-order valence-electron chi connectivity index (χ2n) is 8.36. The molecular formula is C20H29NO. The smallest absolute Gasteiger partial charge is 0.119 e. The zero-order valence-corrected chi connectivity index (χ0v) is 14.0. The first-order chi connectivity index (χ1) is 10.6. The summed E-state index contributed by atoms with van der Waals surface area (Å²) in [7, 11) is 0. The molecule has 4 fully saturated rings. The lowest BCUT2D eigenvalue weighted by Crippen LogP contribution is -2.58. The molecule has 0 amide bonds. The maximum atomic E-state index is 5.73. The highest BCUT2D eigenvalue weighted by Gasteiger charge is 2.50. The van der Waals surface area contributed by atoms with Gasteiger partial charge in [0.05, 0.1) is 6.10 Å². The van der Waals surface area contributed by atoms with E-state index in [0.717, 1.165) is 30.0 Å². The van der Waals surface area contributed by atoms with Crippen molar-refractivity contribution in [3.05, 3.63) is 29.8 Å². The number of hydrogen-bond acceptors (Lipinski definition) is 2. The molecule has 5 rings (SSSR count). The van der Waals surface area contributed by atoms with E-state index in [1.54, 1.807) is 0 Å². The van der Waals surface area contributed by atoms with Crippen LogP contribution in [0.5, 0.6) is 5.75 Å². The first-order valence-electron chi connectivity index (χ1n) is 9.11. The van der Waals surface area contributed by atoms with Gasteiger partial charge in [0.25, 0.3) is 0 Å². The van der Waals surface area contributed by atoms with E-state index in [9.17, 15) is 0 Å². The third kappa shape index (κ3) is 2.90. The van der Waals surface area contributed by atoms with Crippen LogP contribution < -0.4 is 10.1 Å². The minimum absolute atomic E-state index is 0.246. The molecule has 0 aromatic heterocycles. The highest BCUT2D eigenvalue weighted by atomic mass is 16.5. The van der Waals surface area contributed by atoms with Gasteiger partial charge in [0.1, 0.15) is 5.75 Å². The van der Waals surface area contributed by atoms with Gasteiger partial charge in [0, 0.05) is 12.1 Å². The molecule has 1 aromatic carbocycles. The molecule has 0 spiro atoms. The predicted octanol–water partition coefficient (Wildman–Crippen LogP) is 4.53.